The molecular formula is C17H19N3O8S. The Balaban J connectivity index is 3.11. The van der Waals surface area contributed by atoms with Crippen molar-refractivity contribution in [1.82, 2.24) is 9.80 Å². The number of isothiocyanates is 1. The topological polar surface area (TPSA) is 168 Å². The largest absolute Gasteiger partial charge is 0.480 e. The number of thiocarbonyl (C=S) groups is 1. The Bertz CT molecular complexity index is 791. The highest BCUT2D eigenvalue weighted by atomic mass is 32.1. The summed E-state index contributed by atoms with van der Waals surface area (Å²) < 4.78 is 0. The minimum absolute atomic E-state index is 0.164. The molecule has 0 saturated carbocycles. The highest BCUT2D eigenvalue weighted by Gasteiger charge is 2.29. The quantitative estimate of drug-likeness (QED) is 0.255. The first kappa shape index (κ1) is 23.9. The Labute approximate surface area is 170 Å². The van der Waals surface area contributed by atoms with Gasteiger partial charge in [-0.3, -0.25) is 29.0 Å². The Morgan fingerprint density at radius 1 is 0.897 bits per heavy atom. The van der Waals surface area contributed by atoms with Crippen molar-refractivity contribution in [1.29, 1.82) is 0 Å². The van der Waals surface area contributed by atoms with Crippen LogP contribution in [0.2, 0.25) is 0 Å². The van der Waals surface area contributed by atoms with Gasteiger partial charge in [0.05, 0.1) is 30.5 Å². The zero-order valence-corrected chi connectivity index (χ0v) is 15.9. The summed E-state index contributed by atoms with van der Waals surface area (Å²) in [6.07, 6.45) is 0. The SMILES string of the molecule is O=C(O)CN(CCN(CC(=O)O)C(C(=O)O)c1ccc(N=C=S)cc1)CC(=O)O. The molecule has 0 aliphatic heterocycles. The first-order valence-corrected chi connectivity index (χ1v) is 8.57. The van der Waals surface area contributed by atoms with Gasteiger partial charge in [0.25, 0.3) is 0 Å². The van der Waals surface area contributed by atoms with Crippen molar-refractivity contribution in [2.75, 3.05) is 32.7 Å². The molecule has 0 saturated heterocycles. The number of hydrogen-bond acceptors (Lipinski definition) is 8. The number of hydrogen-bond donors (Lipinski definition) is 4. The second-order valence-corrected chi connectivity index (χ2v) is 6.08. The highest BCUT2D eigenvalue weighted by molar-refractivity contribution is 7.78. The van der Waals surface area contributed by atoms with Crippen molar-refractivity contribution in [3.8, 4) is 0 Å². The van der Waals surface area contributed by atoms with Gasteiger partial charge in [-0.1, -0.05) is 12.1 Å². The van der Waals surface area contributed by atoms with Crippen molar-refractivity contribution < 1.29 is 39.6 Å². The summed E-state index contributed by atoms with van der Waals surface area (Å²) in [6, 6.07) is 4.53. The molecule has 0 spiro atoms. The molecule has 0 aliphatic rings. The molecule has 4 N–H and O–H groups in total. The minimum Gasteiger partial charge on any atom is -0.480 e. The predicted molar refractivity (Wildman–Crippen MR) is 102 cm³/mol. The Hall–Kier alpha value is -3.18. The van der Waals surface area contributed by atoms with Crippen LogP contribution in [0.5, 0.6) is 0 Å². The molecule has 29 heavy (non-hydrogen) atoms. The lowest BCUT2D eigenvalue weighted by atomic mass is 10.0. The van der Waals surface area contributed by atoms with Crippen molar-refractivity contribution in [3.63, 3.8) is 0 Å². The van der Waals surface area contributed by atoms with E-state index in [4.69, 9.17) is 15.3 Å². The number of carboxylic acid groups (broad SMARTS) is 4. The van der Waals surface area contributed by atoms with Gasteiger partial charge in [-0.25, -0.2) is 0 Å². The van der Waals surface area contributed by atoms with Crippen LogP contribution in [0.3, 0.4) is 0 Å². The minimum atomic E-state index is -1.35. The summed E-state index contributed by atoms with van der Waals surface area (Å²) in [7, 11) is 0. The summed E-state index contributed by atoms with van der Waals surface area (Å²) in [6.45, 7) is -2.18. The van der Waals surface area contributed by atoms with Gasteiger partial charge >= 0.3 is 23.9 Å². The number of carbonyl (C=O) groups is 4. The molecule has 156 valence electrons. The van der Waals surface area contributed by atoms with E-state index in [0.29, 0.717) is 5.69 Å². The molecule has 0 aliphatic carbocycles. The molecule has 12 heteroatoms. The fraction of sp³-hybridized carbons (Fsp3) is 0.353. The number of aliphatic imine (C=N–C) groups is 1. The lowest BCUT2D eigenvalue weighted by Crippen LogP contribution is -2.44. The summed E-state index contributed by atoms with van der Waals surface area (Å²) in [5.41, 5.74) is 0.705. The van der Waals surface area contributed by atoms with Crippen molar-refractivity contribution in [2.24, 2.45) is 4.99 Å². The Kier molecular flexibility index (Phi) is 9.56. The molecule has 0 amide bonds. The van der Waals surface area contributed by atoms with Crippen LogP contribution in [0.25, 0.3) is 0 Å². The summed E-state index contributed by atoms with van der Waals surface area (Å²) >= 11 is 4.49. The van der Waals surface area contributed by atoms with Gasteiger partial charge in [0.2, 0.25) is 0 Å². The first-order valence-electron chi connectivity index (χ1n) is 8.16. The molecule has 1 rings (SSSR count). The summed E-state index contributed by atoms with van der Waals surface area (Å²) in [5.74, 6) is -5.14. The van der Waals surface area contributed by atoms with Gasteiger partial charge in [0, 0.05) is 13.1 Å². The van der Waals surface area contributed by atoms with E-state index >= 15 is 0 Å². The summed E-state index contributed by atoms with van der Waals surface area (Å²) in [5, 5.41) is 38.8. The van der Waals surface area contributed by atoms with E-state index in [1.807, 2.05) is 0 Å². The molecular weight excluding hydrogens is 406 g/mol. The number of benzene rings is 1. The maximum atomic E-state index is 11.8. The van der Waals surface area contributed by atoms with E-state index in [1.165, 1.54) is 24.3 Å². The van der Waals surface area contributed by atoms with Crippen LogP contribution >= 0.6 is 12.2 Å². The number of rotatable bonds is 13. The fourth-order valence-corrected chi connectivity index (χ4v) is 2.74. The second kappa shape index (κ2) is 11.6. The van der Waals surface area contributed by atoms with Crippen LogP contribution in [0.1, 0.15) is 11.6 Å². The molecule has 0 radical (unpaired) electrons. The number of nitrogens with zero attached hydrogens (tertiary/aromatic N) is 3. The number of carboxylic acids is 4. The van der Waals surface area contributed by atoms with E-state index in [2.05, 4.69) is 22.4 Å². The highest BCUT2D eigenvalue weighted by Crippen LogP contribution is 2.23. The third-order valence-corrected chi connectivity index (χ3v) is 3.83. The molecule has 0 bridgehead atoms. The maximum absolute atomic E-state index is 11.8. The van der Waals surface area contributed by atoms with Crippen molar-refractivity contribution >= 4 is 46.9 Å². The standard InChI is InChI=1S/C17H19N3O8S/c21-13(22)7-19(8-14(23)24)5-6-20(9-15(25)26)16(17(27)28)11-1-3-12(4-2-11)18-10-29/h1-4,16H,5-9H2,(H,21,22)(H,23,24)(H,25,26)(H,27,28). The van der Waals surface area contributed by atoms with Crippen LogP contribution in [-0.4, -0.2) is 92.0 Å². The molecule has 0 aromatic heterocycles. The van der Waals surface area contributed by atoms with Gasteiger partial charge in [-0.2, -0.15) is 4.99 Å². The first-order chi connectivity index (χ1) is 13.6. The number of aliphatic carboxylic acids is 4. The monoisotopic (exact) mass is 425 g/mol. The van der Waals surface area contributed by atoms with E-state index in [0.717, 1.165) is 9.80 Å². The molecule has 1 aromatic carbocycles. The average molecular weight is 425 g/mol. The Morgan fingerprint density at radius 3 is 1.83 bits per heavy atom. The smallest absolute Gasteiger partial charge is 0.325 e. The predicted octanol–water partition coefficient (Wildman–Crippen LogP) is 0.404. The van der Waals surface area contributed by atoms with Gasteiger partial charge in [-0.05, 0) is 29.9 Å². The van der Waals surface area contributed by atoms with Gasteiger partial charge in [-0.15, -0.1) is 0 Å². The van der Waals surface area contributed by atoms with Crippen molar-refractivity contribution in [2.45, 2.75) is 6.04 Å². The molecule has 1 aromatic rings. The van der Waals surface area contributed by atoms with E-state index in [-0.39, 0.29) is 18.7 Å². The fourth-order valence-electron chi connectivity index (χ4n) is 2.63. The molecule has 1 atom stereocenters. The second-order valence-electron chi connectivity index (χ2n) is 5.90. The van der Waals surface area contributed by atoms with Crippen LogP contribution in [0.15, 0.2) is 29.3 Å². The maximum Gasteiger partial charge on any atom is 0.325 e. The van der Waals surface area contributed by atoms with Gasteiger partial charge < -0.3 is 20.4 Å². The molecule has 1 unspecified atom stereocenters. The van der Waals surface area contributed by atoms with Crippen molar-refractivity contribution in [3.05, 3.63) is 29.8 Å². The molecule has 11 nitrogen and oxygen atoms in total. The average Bonchev–Trinajstić information content (AvgIpc) is 2.59. The van der Waals surface area contributed by atoms with Crippen LogP contribution in [0.4, 0.5) is 5.69 Å². The third kappa shape index (κ3) is 8.58. The summed E-state index contributed by atoms with van der Waals surface area (Å²) in [4.78, 5) is 50.8. The normalized spacial score (nSPS) is 11.7. The Morgan fingerprint density at radius 2 is 1.41 bits per heavy atom. The van der Waals surface area contributed by atoms with Crippen LogP contribution < -0.4 is 0 Å². The van der Waals surface area contributed by atoms with Crippen LogP contribution in [0, 0.1) is 0 Å². The van der Waals surface area contributed by atoms with Gasteiger partial charge in [0.15, 0.2) is 0 Å². The van der Waals surface area contributed by atoms with E-state index < -0.39 is 49.6 Å². The van der Waals surface area contributed by atoms with Crippen LogP contribution in [-0.2, 0) is 19.2 Å². The van der Waals surface area contributed by atoms with Gasteiger partial charge in [0.1, 0.15) is 6.04 Å². The zero-order valence-electron chi connectivity index (χ0n) is 15.1. The lowest BCUT2D eigenvalue weighted by molar-refractivity contribution is -0.148. The van der Waals surface area contributed by atoms with E-state index in [9.17, 15) is 24.3 Å². The third-order valence-electron chi connectivity index (χ3n) is 3.74. The molecule has 0 fully saturated rings. The molecule has 0 heterocycles. The lowest BCUT2D eigenvalue weighted by Gasteiger charge is -2.29. The van der Waals surface area contributed by atoms with E-state index in [1.54, 1.807) is 0 Å². The zero-order chi connectivity index (χ0) is 22.0.